The Kier molecular flexibility index (Phi) is 5.87. The van der Waals surface area contributed by atoms with Crippen molar-refractivity contribution in [2.75, 3.05) is 70.6 Å². The lowest BCUT2D eigenvalue weighted by molar-refractivity contribution is -0.169. The van der Waals surface area contributed by atoms with E-state index in [9.17, 15) is 4.79 Å². The zero-order valence-electron chi connectivity index (χ0n) is 15.7. The van der Waals surface area contributed by atoms with E-state index < -0.39 is 5.79 Å². The molecule has 8 nitrogen and oxygen atoms in total. The largest absolute Gasteiger partial charge is 0.379 e. The van der Waals surface area contributed by atoms with Crippen LogP contribution in [0, 0.1) is 0 Å². The van der Waals surface area contributed by atoms with Gasteiger partial charge in [0.25, 0.3) is 5.91 Å². The molecule has 1 aromatic heterocycles. The molecule has 1 aromatic rings. The molecule has 3 aliphatic rings. The number of ether oxygens (including phenoxy) is 3. The van der Waals surface area contributed by atoms with E-state index in [1.165, 1.54) is 0 Å². The first-order valence-electron chi connectivity index (χ1n) is 9.81. The second-order valence-corrected chi connectivity index (χ2v) is 7.21. The number of aromatic nitrogens is 1. The van der Waals surface area contributed by atoms with E-state index in [4.69, 9.17) is 14.2 Å². The third-order valence-electron chi connectivity index (χ3n) is 5.49. The molecule has 1 N–H and O–H groups in total. The molecule has 8 heteroatoms. The Labute approximate surface area is 159 Å². The minimum Gasteiger partial charge on any atom is -0.379 e. The van der Waals surface area contributed by atoms with Crippen molar-refractivity contribution in [1.29, 1.82) is 0 Å². The number of morpholine rings is 1. The molecule has 0 aromatic carbocycles. The quantitative estimate of drug-likeness (QED) is 0.801. The summed E-state index contributed by atoms with van der Waals surface area (Å²) in [7, 11) is 0. The lowest BCUT2D eigenvalue weighted by Crippen LogP contribution is -2.45. The van der Waals surface area contributed by atoms with Gasteiger partial charge in [0.05, 0.1) is 26.4 Å². The Bertz CT molecular complexity index is 634. The molecule has 3 aliphatic heterocycles. The highest BCUT2D eigenvalue weighted by atomic mass is 16.7. The third kappa shape index (κ3) is 4.57. The van der Waals surface area contributed by atoms with Crippen molar-refractivity contribution in [3.63, 3.8) is 0 Å². The number of nitrogens with zero attached hydrogens (tertiary/aromatic N) is 3. The molecule has 0 atom stereocenters. The van der Waals surface area contributed by atoms with Crippen LogP contribution in [0.3, 0.4) is 0 Å². The van der Waals surface area contributed by atoms with Gasteiger partial charge in [-0.25, -0.2) is 4.98 Å². The first-order chi connectivity index (χ1) is 13.2. The van der Waals surface area contributed by atoms with Crippen molar-refractivity contribution in [1.82, 2.24) is 15.2 Å². The predicted molar refractivity (Wildman–Crippen MR) is 99.9 cm³/mol. The van der Waals surface area contributed by atoms with E-state index in [0.29, 0.717) is 25.3 Å². The molecule has 27 heavy (non-hydrogen) atoms. The number of anilines is 1. The smallest absolute Gasteiger partial charge is 0.251 e. The van der Waals surface area contributed by atoms with E-state index in [0.717, 1.165) is 64.6 Å². The van der Waals surface area contributed by atoms with Crippen LogP contribution in [0.4, 0.5) is 5.82 Å². The summed E-state index contributed by atoms with van der Waals surface area (Å²) in [6, 6.07) is 3.64. The SMILES string of the molecule is O=C(NCCN1CCOCC1)c1ccnc(N2CCC3(CC2)OCCO3)c1. The number of carbonyl (C=O) groups is 1. The van der Waals surface area contributed by atoms with E-state index in [-0.39, 0.29) is 5.91 Å². The second kappa shape index (κ2) is 8.52. The van der Waals surface area contributed by atoms with E-state index in [1.54, 1.807) is 12.3 Å². The normalized spacial score (nSPS) is 22.9. The molecular weight excluding hydrogens is 348 g/mol. The molecule has 0 bridgehead atoms. The summed E-state index contributed by atoms with van der Waals surface area (Å²) in [6.07, 6.45) is 3.36. The predicted octanol–water partition coefficient (Wildman–Crippen LogP) is 0.487. The molecule has 0 saturated carbocycles. The highest BCUT2D eigenvalue weighted by Crippen LogP contribution is 2.32. The Balaban J connectivity index is 1.28. The van der Waals surface area contributed by atoms with E-state index in [2.05, 4.69) is 20.1 Å². The number of nitrogens with one attached hydrogen (secondary N) is 1. The fraction of sp³-hybridized carbons (Fsp3) is 0.684. The maximum atomic E-state index is 12.5. The van der Waals surface area contributed by atoms with Crippen LogP contribution in [0.25, 0.3) is 0 Å². The van der Waals surface area contributed by atoms with Crippen LogP contribution < -0.4 is 10.2 Å². The fourth-order valence-corrected chi connectivity index (χ4v) is 3.85. The second-order valence-electron chi connectivity index (χ2n) is 7.21. The van der Waals surface area contributed by atoms with Gasteiger partial charge < -0.3 is 24.4 Å². The minimum absolute atomic E-state index is 0.0529. The number of amides is 1. The first kappa shape index (κ1) is 18.6. The van der Waals surface area contributed by atoms with Crippen molar-refractivity contribution < 1.29 is 19.0 Å². The number of hydrogen-bond acceptors (Lipinski definition) is 7. The average molecular weight is 376 g/mol. The van der Waals surface area contributed by atoms with Crippen LogP contribution in [-0.2, 0) is 14.2 Å². The lowest BCUT2D eigenvalue weighted by atomic mass is 10.0. The van der Waals surface area contributed by atoms with Gasteiger partial charge >= 0.3 is 0 Å². The molecule has 4 heterocycles. The molecule has 3 saturated heterocycles. The zero-order chi connectivity index (χ0) is 18.5. The maximum absolute atomic E-state index is 12.5. The molecular formula is C19H28N4O4. The van der Waals surface area contributed by atoms with E-state index in [1.807, 2.05) is 6.07 Å². The van der Waals surface area contributed by atoms with Crippen LogP contribution in [-0.4, -0.2) is 87.3 Å². The van der Waals surface area contributed by atoms with Gasteiger partial charge in [0.1, 0.15) is 5.82 Å². The third-order valence-corrected chi connectivity index (χ3v) is 5.49. The summed E-state index contributed by atoms with van der Waals surface area (Å²) < 4.78 is 16.9. The van der Waals surface area contributed by atoms with Crippen molar-refractivity contribution in [3.05, 3.63) is 23.9 Å². The Morgan fingerprint density at radius 2 is 1.85 bits per heavy atom. The number of pyridine rings is 1. The van der Waals surface area contributed by atoms with Gasteiger partial charge in [0.2, 0.25) is 0 Å². The van der Waals surface area contributed by atoms with Crippen LogP contribution in [0.5, 0.6) is 0 Å². The highest BCUT2D eigenvalue weighted by molar-refractivity contribution is 5.94. The lowest BCUT2D eigenvalue weighted by Gasteiger charge is -2.38. The molecule has 0 unspecified atom stereocenters. The van der Waals surface area contributed by atoms with E-state index >= 15 is 0 Å². The molecule has 3 fully saturated rings. The van der Waals surface area contributed by atoms with Crippen molar-refractivity contribution in [3.8, 4) is 0 Å². The number of rotatable bonds is 5. The van der Waals surface area contributed by atoms with Gasteiger partial charge in [-0.3, -0.25) is 9.69 Å². The number of piperidine rings is 1. The summed E-state index contributed by atoms with van der Waals surface area (Å²) >= 11 is 0. The highest BCUT2D eigenvalue weighted by Gasteiger charge is 2.40. The number of hydrogen-bond donors (Lipinski definition) is 1. The van der Waals surface area contributed by atoms with Crippen LogP contribution in [0.15, 0.2) is 18.3 Å². The van der Waals surface area contributed by atoms with Gasteiger partial charge in [0.15, 0.2) is 5.79 Å². The van der Waals surface area contributed by atoms with Crippen LogP contribution in [0.1, 0.15) is 23.2 Å². The maximum Gasteiger partial charge on any atom is 0.251 e. The summed E-state index contributed by atoms with van der Waals surface area (Å²) in [4.78, 5) is 21.4. The fourth-order valence-electron chi connectivity index (χ4n) is 3.85. The van der Waals surface area contributed by atoms with Gasteiger partial charge in [-0.15, -0.1) is 0 Å². The summed E-state index contributed by atoms with van der Waals surface area (Å²) in [5, 5.41) is 3.01. The average Bonchev–Trinajstić information content (AvgIpc) is 3.17. The Morgan fingerprint density at radius 3 is 2.59 bits per heavy atom. The van der Waals surface area contributed by atoms with Crippen LogP contribution >= 0.6 is 0 Å². The Hall–Kier alpha value is -1.74. The first-order valence-corrected chi connectivity index (χ1v) is 9.81. The van der Waals surface area contributed by atoms with Gasteiger partial charge in [-0.2, -0.15) is 0 Å². The van der Waals surface area contributed by atoms with Gasteiger partial charge in [-0.05, 0) is 12.1 Å². The summed E-state index contributed by atoms with van der Waals surface area (Å²) in [6.45, 7) is 7.88. The van der Waals surface area contributed by atoms with Crippen molar-refractivity contribution in [2.24, 2.45) is 0 Å². The van der Waals surface area contributed by atoms with Crippen molar-refractivity contribution in [2.45, 2.75) is 18.6 Å². The standard InChI is InChI=1S/C19H28N4O4/c24-18(21-5-8-22-9-11-25-12-10-22)16-1-4-20-17(15-16)23-6-2-19(3-7-23)26-13-14-27-19/h1,4,15H,2-3,5-14H2,(H,21,24). The Morgan fingerprint density at radius 1 is 1.11 bits per heavy atom. The molecule has 0 aliphatic carbocycles. The summed E-state index contributed by atoms with van der Waals surface area (Å²) in [5.41, 5.74) is 0.649. The van der Waals surface area contributed by atoms with Gasteiger partial charge in [0, 0.05) is 63.9 Å². The summed E-state index contributed by atoms with van der Waals surface area (Å²) in [5.74, 6) is 0.386. The molecule has 1 amide bonds. The van der Waals surface area contributed by atoms with Gasteiger partial charge in [-0.1, -0.05) is 0 Å². The topological polar surface area (TPSA) is 76.2 Å². The molecule has 0 radical (unpaired) electrons. The molecule has 1 spiro atoms. The monoisotopic (exact) mass is 376 g/mol. The molecule has 4 rings (SSSR count). The van der Waals surface area contributed by atoms with Crippen LogP contribution in [0.2, 0.25) is 0 Å². The number of carbonyl (C=O) groups excluding carboxylic acids is 1. The molecule has 148 valence electrons. The zero-order valence-corrected chi connectivity index (χ0v) is 15.7. The van der Waals surface area contributed by atoms with Crippen molar-refractivity contribution >= 4 is 11.7 Å². The minimum atomic E-state index is -0.398.